The van der Waals surface area contributed by atoms with Crippen LogP contribution < -0.4 is 5.32 Å². The van der Waals surface area contributed by atoms with E-state index in [2.05, 4.69) is 31.0 Å². The molecule has 4 heterocycles. The van der Waals surface area contributed by atoms with Crippen LogP contribution in [0.5, 0.6) is 0 Å². The van der Waals surface area contributed by atoms with Crippen molar-refractivity contribution in [3.8, 4) is 0 Å². The van der Waals surface area contributed by atoms with Crippen LogP contribution >= 0.6 is 21.6 Å². The number of nitrogens with one attached hydrogen (secondary N) is 1. The summed E-state index contributed by atoms with van der Waals surface area (Å²) in [5.74, 6) is -2.52. The number of nitrogens with zero attached hydrogens (tertiary/aromatic N) is 7. The first kappa shape index (κ1) is 20.7. The number of tetrazole rings is 1. The Bertz CT molecular complexity index is 1040. The zero-order valence-electron chi connectivity index (χ0n) is 15.3. The smallest absolute Gasteiger partial charge is 0.353 e. The van der Waals surface area contributed by atoms with Gasteiger partial charge in [0.25, 0.3) is 5.91 Å². The first-order chi connectivity index (χ1) is 14.3. The van der Waals surface area contributed by atoms with E-state index in [1.807, 2.05) is 6.92 Å². The topological polar surface area (TPSA) is 172 Å². The van der Waals surface area contributed by atoms with E-state index >= 15 is 0 Å². The summed E-state index contributed by atoms with van der Waals surface area (Å²) in [7, 11) is 0.743. The first-order valence-corrected chi connectivity index (χ1v) is 12.0. The summed E-state index contributed by atoms with van der Waals surface area (Å²) in [4.78, 5) is 37.9. The van der Waals surface area contributed by atoms with Gasteiger partial charge < -0.3 is 10.4 Å². The van der Waals surface area contributed by atoms with E-state index in [1.54, 1.807) is 0 Å². The summed E-state index contributed by atoms with van der Waals surface area (Å²) >= 11 is 0. The van der Waals surface area contributed by atoms with E-state index < -0.39 is 40.0 Å². The summed E-state index contributed by atoms with van der Waals surface area (Å²) in [5.41, 5.74) is 0.625. The van der Waals surface area contributed by atoms with Gasteiger partial charge in [-0.1, -0.05) is 10.8 Å². The van der Waals surface area contributed by atoms with Crippen LogP contribution in [0.15, 0.2) is 27.1 Å². The van der Waals surface area contributed by atoms with Crippen molar-refractivity contribution >= 4 is 60.9 Å². The van der Waals surface area contributed by atoms with Gasteiger partial charge in [0.05, 0.1) is 16.6 Å². The van der Waals surface area contributed by atoms with E-state index in [-0.39, 0.29) is 18.0 Å². The number of carboxylic acid groups (broad SMARTS) is 1. The van der Waals surface area contributed by atoms with E-state index in [4.69, 9.17) is 0 Å². The second-order valence-corrected chi connectivity index (χ2v) is 10.3. The van der Waals surface area contributed by atoms with Gasteiger partial charge in [-0.2, -0.15) is 5.10 Å². The number of carboxylic acids is 1. The van der Waals surface area contributed by atoms with Gasteiger partial charge in [0.2, 0.25) is 5.91 Å². The number of carbonyl (C=O) groups is 3. The summed E-state index contributed by atoms with van der Waals surface area (Å²) in [6.45, 7) is 1.61. The molecule has 0 aliphatic carbocycles. The largest absolute Gasteiger partial charge is 0.477 e. The lowest BCUT2D eigenvalue weighted by molar-refractivity contribution is -0.150. The molecule has 2 amide bonds. The van der Waals surface area contributed by atoms with Crippen molar-refractivity contribution in [2.24, 2.45) is 10.2 Å². The maximum atomic E-state index is 12.8. The summed E-state index contributed by atoms with van der Waals surface area (Å²) < 4.78 is 13.9. The highest BCUT2D eigenvalue weighted by atomic mass is 33.1. The molecule has 1 fully saturated rings. The average molecular weight is 471 g/mol. The van der Waals surface area contributed by atoms with Crippen molar-refractivity contribution < 1.29 is 23.7 Å². The zero-order chi connectivity index (χ0) is 21.4. The van der Waals surface area contributed by atoms with Crippen LogP contribution in [-0.4, -0.2) is 80.1 Å². The summed E-state index contributed by atoms with van der Waals surface area (Å²) in [5, 5.41) is 30.2. The van der Waals surface area contributed by atoms with Gasteiger partial charge in [-0.25, -0.2) is 9.48 Å². The van der Waals surface area contributed by atoms with Gasteiger partial charge in [-0.05, 0) is 28.1 Å². The number of hydrogen-bond donors (Lipinski definition) is 2. The van der Waals surface area contributed by atoms with Gasteiger partial charge in [0.15, 0.2) is 0 Å². The molecule has 16 heteroatoms. The van der Waals surface area contributed by atoms with Crippen molar-refractivity contribution in [3.63, 3.8) is 0 Å². The van der Waals surface area contributed by atoms with Crippen LogP contribution in [0.2, 0.25) is 0 Å². The summed E-state index contributed by atoms with van der Waals surface area (Å²) in [6, 6.07) is -1.07. The number of amides is 2. The monoisotopic (exact) mass is 470 g/mol. The number of carbonyl (C=O) groups excluding carboxylic acids is 2. The third-order valence-electron chi connectivity index (χ3n) is 4.28. The molecular weight excluding hydrogens is 456 g/mol. The number of aliphatic carboxylic acids is 1. The van der Waals surface area contributed by atoms with Crippen molar-refractivity contribution in [3.05, 3.63) is 16.9 Å². The van der Waals surface area contributed by atoms with E-state index in [1.165, 1.54) is 21.8 Å². The lowest BCUT2D eigenvalue weighted by atomic mass is 10.1. The molecular formula is C14H14N8O5S3. The second kappa shape index (κ2) is 8.27. The maximum Gasteiger partial charge on any atom is 0.353 e. The van der Waals surface area contributed by atoms with Crippen LogP contribution in [0.25, 0.3) is 0 Å². The lowest BCUT2D eigenvalue weighted by Crippen LogP contribution is -2.73. The molecule has 0 radical (unpaired) electrons. The minimum absolute atomic E-state index is 0.0414. The van der Waals surface area contributed by atoms with Gasteiger partial charge in [0.1, 0.15) is 35.0 Å². The van der Waals surface area contributed by atoms with Crippen LogP contribution in [0.1, 0.15) is 13.3 Å². The van der Waals surface area contributed by atoms with Gasteiger partial charge >= 0.3 is 5.97 Å². The van der Waals surface area contributed by atoms with Crippen LogP contribution in [0.3, 0.4) is 0 Å². The fourth-order valence-corrected chi connectivity index (χ4v) is 7.38. The van der Waals surface area contributed by atoms with Crippen LogP contribution in [-0.2, 0) is 31.7 Å². The Hall–Kier alpha value is -2.59. The minimum atomic E-state index is -1.59. The van der Waals surface area contributed by atoms with Crippen molar-refractivity contribution in [1.29, 1.82) is 0 Å². The SMILES string of the molecule is CC1=NN=C(SSC2=C(C(=O)O)N3C(=O)[C@@H](NC(=O)Cn4cnnn4)[C@H]3S(=O)C2)C1. The molecule has 2 N–H and O–H groups in total. The molecule has 0 spiro atoms. The fraction of sp³-hybridized carbons (Fsp3) is 0.429. The van der Waals surface area contributed by atoms with Gasteiger partial charge in [0, 0.05) is 17.0 Å². The Labute approximate surface area is 179 Å². The van der Waals surface area contributed by atoms with Crippen molar-refractivity contribution in [2.75, 3.05) is 5.75 Å². The van der Waals surface area contributed by atoms with Crippen molar-refractivity contribution in [1.82, 2.24) is 30.4 Å². The molecule has 0 saturated carbocycles. The quantitative estimate of drug-likeness (QED) is 0.386. The Morgan fingerprint density at radius 3 is 2.80 bits per heavy atom. The van der Waals surface area contributed by atoms with Crippen LogP contribution in [0, 0.1) is 0 Å². The molecule has 0 bridgehead atoms. The second-order valence-electron chi connectivity index (χ2n) is 6.43. The minimum Gasteiger partial charge on any atom is -0.477 e. The third kappa shape index (κ3) is 3.89. The molecule has 1 unspecified atom stereocenters. The van der Waals surface area contributed by atoms with Gasteiger partial charge in [-0.3, -0.25) is 18.7 Å². The number of rotatable bonds is 6. The molecule has 3 aliphatic heterocycles. The molecule has 1 saturated heterocycles. The Morgan fingerprint density at radius 2 is 2.17 bits per heavy atom. The molecule has 1 aromatic rings. The predicted molar refractivity (Wildman–Crippen MR) is 108 cm³/mol. The fourth-order valence-electron chi connectivity index (χ4n) is 3.00. The molecule has 0 aromatic carbocycles. The molecule has 158 valence electrons. The maximum absolute atomic E-state index is 12.8. The van der Waals surface area contributed by atoms with E-state index in [0.717, 1.165) is 21.4 Å². The highest BCUT2D eigenvalue weighted by molar-refractivity contribution is 8.83. The molecule has 13 nitrogen and oxygen atoms in total. The third-order valence-corrected chi connectivity index (χ3v) is 8.53. The summed E-state index contributed by atoms with van der Waals surface area (Å²) in [6.07, 6.45) is 1.80. The lowest BCUT2D eigenvalue weighted by Gasteiger charge is -2.48. The number of β-lactam (4-membered cyclic amide) rings is 1. The zero-order valence-corrected chi connectivity index (χ0v) is 17.7. The Kier molecular flexibility index (Phi) is 5.70. The molecule has 4 rings (SSSR count). The Balaban J connectivity index is 1.47. The highest BCUT2D eigenvalue weighted by Gasteiger charge is 2.57. The van der Waals surface area contributed by atoms with Crippen molar-refractivity contribution in [2.45, 2.75) is 31.3 Å². The standard InChI is InChI=1S/C14H14N8O5S3/c1-6-2-9(18-17-6)29-28-7-4-30(27)13-10(12(24)22(13)11(7)14(25)26)16-8(23)3-21-5-15-19-20-21/h5,10,13H,2-4H2,1H3,(H,16,23)(H,25,26)/t10-,13-,30?/m1/s1. The number of fused-ring (bicyclic) bond motifs is 1. The molecule has 3 aliphatic rings. The highest BCUT2D eigenvalue weighted by Crippen LogP contribution is 2.43. The molecule has 30 heavy (non-hydrogen) atoms. The van der Waals surface area contributed by atoms with E-state index in [9.17, 15) is 23.7 Å². The van der Waals surface area contributed by atoms with E-state index in [0.29, 0.717) is 16.4 Å². The predicted octanol–water partition coefficient (Wildman–Crippen LogP) is -1.06. The van der Waals surface area contributed by atoms with Gasteiger partial charge in [-0.15, -0.1) is 10.2 Å². The average Bonchev–Trinajstić information content (AvgIpc) is 3.35. The number of aromatic nitrogens is 4. The molecule has 3 atom stereocenters. The number of hydrogen-bond acceptors (Lipinski definition) is 11. The first-order valence-electron chi connectivity index (χ1n) is 8.46. The van der Waals surface area contributed by atoms with Crippen LogP contribution in [0.4, 0.5) is 0 Å². The Morgan fingerprint density at radius 1 is 1.37 bits per heavy atom. The molecule has 1 aromatic heterocycles. The normalized spacial score (nSPS) is 25.4.